The first-order chi connectivity index (χ1) is 8.77. The normalized spacial score (nSPS) is 13.6. The van der Waals surface area contributed by atoms with Gasteiger partial charge in [-0.25, -0.2) is 4.39 Å². The fraction of sp³-hybridized carbons (Fsp3) is 0.167. The molecule has 1 aromatic carbocycles. The second kappa shape index (κ2) is 5.11. The van der Waals surface area contributed by atoms with Crippen LogP contribution in [0, 0.1) is 5.82 Å². The van der Waals surface area contributed by atoms with E-state index in [1.165, 1.54) is 12.1 Å². The SMILES string of the molecule is OC(c1cc(F)cc(C(F)(F)F)c1)c1ccc(Cl)s1. The van der Waals surface area contributed by atoms with Gasteiger partial charge in [0.15, 0.2) is 0 Å². The van der Waals surface area contributed by atoms with E-state index in [0.29, 0.717) is 15.3 Å². The summed E-state index contributed by atoms with van der Waals surface area (Å²) in [7, 11) is 0. The van der Waals surface area contributed by atoms with Crippen molar-refractivity contribution in [2.75, 3.05) is 0 Å². The van der Waals surface area contributed by atoms with Crippen molar-refractivity contribution in [1.29, 1.82) is 0 Å². The second-order valence-electron chi connectivity index (χ2n) is 3.82. The van der Waals surface area contributed by atoms with Gasteiger partial charge >= 0.3 is 6.18 Å². The maximum Gasteiger partial charge on any atom is 0.416 e. The van der Waals surface area contributed by atoms with E-state index in [9.17, 15) is 22.7 Å². The lowest BCUT2D eigenvalue weighted by Gasteiger charge is -2.13. The third kappa shape index (κ3) is 3.26. The van der Waals surface area contributed by atoms with Gasteiger partial charge in [0.05, 0.1) is 9.90 Å². The van der Waals surface area contributed by atoms with Gasteiger partial charge in [0.2, 0.25) is 0 Å². The molecule has 2 rings (SSSR count). The van der Waals surface area contributed by atoms with Crippen LogP contribution in [0.4, 0.5) is 17.6 Å². The predicted molar refractivity (Wildman–Crippen MR) is 64.8 cm³/mol. The monoisotopic (exact) mass is 310 g/mol. The van der Waals surface area contributed by atoms with Crippen LogP contribution >= 0.6 is 22.9 Å². The zero-order valence-corrected chi connectivity index (χ0v) is 10.8. The number of halogens is 5. The van der Waals surface area contributed by atoms with Gasteiger partial charge in [-0.15, -0.1) is 11.3 Å². The highest BCUT2D eigenvalue weighted by Gasteiger charge is 2.32. The standard InChI is InChI=1S/C12H7ClF4OS/c13-10-2-1-9(19-10)11(18)6-3-7(12(15,16)17)5-8(14)4-6/h1-5,11,18H. The number of alkyl halides is 3. The number of hydrogen-bond donors (Lipinski definition) is 1. The summed E-state index contributed by atoms with van der Waals surface area (Å²) >= 11 is 6.70. The Bertz CT molecular complexity index is 594. The topological polar surface area (TPSA) is 20.2 Å². The minimum Gasteiger partial charge on any atom is -0.383 e. The highest BCUT2D eigenvalue weighted by molar-refractivity contribution is 7.16. The van der Waals surface area contributed by atoms with E-state index in [0.717, 1.165) is 23.5 Å². The van der Waals surface area contributed by atoms with Crippen molar-refractivity contribution in [3.05, 3.63) is 56.5 Å². The fourth-order valence-electron chi connectivity index (χ4n) is 1.57. The molecule has 0 aliphatic heterocycles. The Hall–Kier alpha value is -1.11. The van der Waals surface area contributed by atoms with Gasteiger partial charge in [-0.3, -0.25) is 0 Å². The van der Waals surface area contributed by atoms with E-state index in [1.54, 1.807) is 0 Å². The quantitative estimate of drug-likeness (QED) is 0.801. The van der Waals surface area contributed by atoms with Crippen LogP contribution in [-0.2, 0) is 6.18 Å². The number of aliphatic hydroxyl groups is 1. The van der Waals surface area contributed by atoms with E-state index >= 15 is 0 Å². The summed E-state index contributed by atoms with van der Waals surface area (Å²) in [6, 6.07) is 4.97. The maximum absolute atomic E-state index is 13.2. The summed E-state index contributed by atoms with van der Waals surface area (Å²) in [4.78, 5) is 0.351. The van der Waals surface area contributed by atoms with Crippen LogP contribution < -0.4 is 0 Å². The van der Waals surface area contributed by atoms with Crippen molar-refractivity contribution in [2.45, 2.75) is 12.3 Å². The van der Waals surface area contributed by atoms with E-state index in [4.69, 9.17) is 11.6 Å². The van der Waals surface area contributed by atoms with E-state index < -0.39 is 23.7 Å². The van der Waals surface area contributed by atoms with Gasteiger partial charge in [0, 0.05) is 4.88 Å². The Morgan fingerprint density at radius 3 is 2.37 bits per heavy atom. The molecule has 1 aromatic heterocycles. The first-order valence-electron chi connectivity index (χ1n) is 5.08. The van der Waals surface area contributed by atoms with Crippen LogP contribution in [0.15, 0.2) is 30.3 Å². The largest absolute Gasteiger partial charge is 0.416 e. The molecule has 2 aromatic rings. The Morgan fingerprint density at radius 1 is 1.16 bits per heavy atom. The zero-order chi connectivity index (χ0) is 14.2. The second-order valence-corrected chi connectivity index (χ2v) is 5.56. The van der Waals surface area contributed by atoms with E-state index in [1.807, 2.05) is 0 Å². The summed E-state index contributed by atoms with van der Waals surface area (Å²) in [5.41, 5.74) is -1.30. The van der Waals surface area contributed by atoms with Gasteiger partial charge in [0.1, 0.15) is 11.9 Å². The Balaban J connectivity index is 2.42. The summed E-state index contributed by atoms with van der Waals surface area (Å²) < 4.78 is 51.2. The van der Waals surface area contributed by atoms with Crippen LogP contribution in [0.5, 0.6) is 0 Å². The van der Waals surface area contributed by atoms with Gasteiger partial charge in [-0.2, -0.15) is 13.2 Å². The highest BCUT2D eigenvalue weighted by Crippen LogP contribution is 2.35. The lowest BCUT2D eigenvalue weighted by molar-refractivity contribution is -0.137. The van der Waals surface area contributed by atoms with Gasteiger partial charge in [-0.1, -0.05) is 11.6 Å². The highest BCUT2D eigenvalue weighted by atomic mass is 35.5. The molecule has 0 saturated heterocycles. The van der Waals surface area contributed by atoms with Crippen LogP contribution in [0.2, 0.25) is 4.34 Å². The molecule has 0 spiro atoms. The third-order valence-corrected chi connectivity index (χ3v) is 3.71. The molecule has 0 aliphatic carbocycles. The molecule has 1 nitrogen and oxygen atoms in total. The molecule has 7 heteroatoms. The molecule has 1 heterocycles. The van der Waals surface area contributed by atoms with Gasteiger partial charge in [-0.05, 0) is 35.9 Å². The van der Waals surface area contributed by atoms with E-state index in [-0.39, 0.29) is 5.56 Å². The summed E-state index contributed by atoms with van der Waals surface area (Å²) in [5.74, 6) is -1.05. The lowest BCUT2D eigenvalue weighted by atomic mass is 10.0. The molecule has 0 aliphatic rings. The van der Waals surface area contributed by atoms with Crippen molar-refractivity contribution in [2.24, 2.45) is 0 Å². The number of benzene rings is 1. The number of rotatable bonds is 2. The first-order valence-corrected chi connectivity index (χ1v) is 6.28. The predicted octanol–water partition coefficient (Wildman–Crippen LogP) is 4.64. The summed E-state index contributed by atoms with van der Waals surface area (Å²) in [5, 5.41) is 9.94. The lowest BCUT2D eigenvalue weighted by Crippen LogP contribution is -2.08. The number of aliphatic hydroxyl groups excluding tert-OH is 1. The molecule has 102 valence electrons. The Morgan fingerprint density at radius 2 is 1.84 bits per heavy atom. The minimum atomic E-state index is -4.66. The Kier molecular flexibility index (Phi) is 3.85. The van der Waals surface area contributed by atoms with Crippen LogP contribution in [-0.4, -0.2) is 5.11 Å². The van der Waals surface area contributed by atoms with E-state index in [2.05, 4.69) is 0 Å². The van der Waals surface area contributed by atoms with Crippen LogP contribution in [0.1, 0.15) is 22.1 Å². The maximum atomic E-state index is 13.2. The molecule has 1 atom stereocenters. The van der Waals surface area contributed by atoms with Gasteiger partial charge < -0.3 is 5.11 Å². The molecular weight excluding hydrogens is 304 g/mol. The Labute approximate surface area is 115 Å². The molecule has 0 fully saturated rings. The fourth-order valence-corrected chi connectivity index (χ4v) is 2.65. The van der Waals surface area contributed by atoms with Crippen molar-refractivity contribution in [1.82, 2.24) is 0 Å². The molecular formula is C12H7ClF4OS. The summed E-state index contributed by atoms with van der Waals surface area (Å²) in [6.07, 6.45) is -6.00. The minimum absolute atomic E-state index is 0.161. The van der Waals surface area contributed by atoms with Gasteiger partial charge in [0.25, 0.3) is 0 Å². The number of thiophene rings is 1. The summed E-state index contributed by atoms with van der Waals surface area (Å²) in [6.45, 7) is 0. The molecule has 19 heavy (non-hydrogen) atoms. The molecule has 1 unspecified atom stereocenters. The smallest absolute Gasteiger partial charge is 0.383 e. The molecule has 0 saturated carbocycles. The average molecular weight is 311 g/mol. The van der Waals surface area contributed by atoms with Crippen LogP contribution in [0.3, 0.4) is 0 Å². The molecule has 1 N–H and O–H groups in total. The third-order valence-electron chi connectivity index (χ3n) is 2.43. The van der Waals surface area contributed by atoms with Crippen molar-refractivity contribution < 1.29 is 22.7 Å². The average Bonchev–Trinajstić information content (AvgIpc) is 2.73. The van der Waals surface area contributed by atoms with Crippen LogP contribution in [0.25, 0.3) is 0 Å². The zero-order valence-electron chi connectivity index (χ0n) is 9.21. The molecule has 0 amide bonds. The van der Waals surface area contributed by atoms with Crippen molar-refractivity contribution in [3.63, 3.8) is 0 Å². The molecule has 0 radical (unpaired) electrons. The van der Waals surface area contributed by atoms with Crippen molar-refractivity contribution in [3.8, 4) is 0 Å². The first kappa shape index (κ1) is 14.3. The van der Waals surface area contributed by atoms with Crippen molar-refractivity contribution >= 4 is 22.9 Å². The number of hydrogen-bond acceptors (Lipinski definition) is 2. The molecule has 0 bridgehead atoms.